The van der Waals surface area contributed by atoms with Gasteiger partial charge in [-0.25, -0.2) is 4.39 Å². The lowest BCUT2D eigenvalue weighted by Crippen LogP contribution is -2.29. The third-order valence-corrected chi connectivity index (χ3v) is 3.19. The van der Waals surface area contributed by atoms with E-state index in [9.17, 15) is 9.18 Å². The third kappa shape index (κ3) is 3.62. The first-order chi connectivity index (χ1) is 10.5. The molecule has 0 aliphatic rings. The van der Waals surface area contributed by atoms with Crippen molar-refractivity contribution < 1.29 is 18.7 Å². The molecule has 1 N–H and O–H groups in total. The topological polar surface area (TPSA) is 65.4 Å². The Hall–Kier alpha value is -2.41. The molecule has 0 spiro atoms. The van der Waals surface area contributed by atoms with Gasteiger partial charge in [-0.3, -0.25) is 9.48 Å². The Kier molecular flexibility index (Phi) is 5.11. The number of amides is 1. The predicted molar refractivity (Wildman–Crippen MR) is 78.2 cm³/mol. The molecule has 22 heavy (non-hydrogen) atoms. The zero-order chi connectivity index (χ0) is 16.1. The van der Waals surface area contributed by atoms with Gasteiger partial charge >= 0.3 is 0 Å². The molecule has 0 aliphatic heterocycles. The van der Waals surface area contributed by atoms with Crippen LogP contribution in [0.1, 0.15) is 22.0 Å². The second-order valence-electron chi connectivity index (χ2n) is 4.72. The van der Waals surface area contributed by atoms with E-state index < -0.39 is 6.10 Å². The first-order valence-corrected chi connectivity index (χ1v) is 6.69. The van der Waals surface area contributed by atoms with Crippen molar-refractivity contribution in [1.82, 2.24) is 15.1 Å². The predicted octanol–water partition coefficient (Wildman–Crippen LogP) is 1.69. The highest BCUT2D eigenvalue weighted by Gasteiger charge is 2.18. The number of nitrogens with one attached hydrogen (secondary N) is 1. The summed E-state index contributed by atoms with van der Waals surface area (Å²) in [6, 6.07) is 6.08. The van der Waals surface area contributed by atoms with Gasteiger partial charge in [-0.1, -0.05) is 12.1 Å². The minimum absolute atomic E-state index is 0.205. The summed E-state index contributed by atoms with van der Waals surface area (Å²) in [7, 11) is 4.65. The second kappa shape index (κ2) is 7.04. The average molecular weight is 307 g/mol. The summed E-state index contributed by atoms with van der Waals surface area (Å²) in [4.78, 5) is 12.2. The fourth-order valence-corrected chi connectivity index (χ4v) is 2.10. The van der Waals surface area contributed by atoms with E-state index in [0.29, 0.717) is 11.1 Å². The highest BCUT2D eigenvalue weighted by atomic mass is 19.1. The molecule has 0 saturated heterocycles. The number of aromatic nitrogens is 2. The van der Waals surface area contributed by atoms with Crippen molar-refractivity contribution in [3.63, 3.8) is 0 Å². The van der Waals surface area contributed by atoms with Gasteiger partial charge in [0.2, 0.25) is 5.88 Å². The molecule has 0 aliphatic carbocycles. The molecule has 0 radical (unpaired) electrons. The van der Waals surface area contributed by atoms with E-state index in [1.54, 1.807) is 25.4 Å². The van der Waals surface area contributed by atoms with Crippen LogP contribution < -0.4 is 10.1 Å². The smallest absolute Gasteiger partial charge is 0.258 e. The van der Waals surface area contributed by atoms with Crippen LogP contribution in [0.5, 0.6) is 5.88 Å². The SMILES string of the molecule is COc1nn(C)cc1C(=O)NCC(OC)c1cccc(F)c1. The Bertz CT molecular complexity index is 657. The molecule has 118 valence electrons. The molecule has 1 unspecified atom stereocenters. The summed E-state index contributed by atoms with van der Waals surface area (Å²) in [6.07, 6.45) is 1.13. The number of rotatable bonds is 6. The van der Waals surface area contributed by atoms with E-state index in [2.05, 4.69) is 10.4 Å². The van der Waals surface area contributed by atoms with Crippen LogP contribution in [0.15, 0.2) is 30.5 Å². The van der Waals surface area contributed by atoms with Crippen molar-refractivity contribution in [2.45, 2.75) is 6.10 Å². The highest BCUT2D eigenvalue weighted by molar-refractivity contribution is 5.96. The number of nitrogens with zero attached hydrogens (tertiary/aromatic N) is 2. The molecule has 1 aromatic carbocycles. The van der Waals surface area contributed by atoms with Crippen LogP contribution >= 0.6 is 0 Å². The molecular formula is C15H18FN3O3. The Morgan fingerprint density at radius 3 is 2.86 bits per heavy atom. The monoisotopic (exact) mass is 307 g/mol. The molecule has 1 heterocycles. The van der Waals surface area contributed by atoms with Gasteiger partial charge in [-0.05, 0) is 17.7 Å². The fraction of sp³-hybridized carbons (Fsp3) is 0.333. The molecule has 2 aromatic rings. The Morgan fingerprint density at radius 2 is 2.23 bits per heavy atom. The third-order valence-electron chi connectivity index (χ3n) is 3.19. The molecular weight excluding hydrogens is 289 g/mol. The van der Waals surface area contributed by atoms with Gasteiger partial charge < -0.3 is 14.8 Å². The van der Waals surface area contributed by atoms with Crippen molar-refractivity contribution >= 4 is 5.91 Å². The molecule has 6 nitrogen and oxygen atoms in total. The molecule has 7 heteroatoms. The van der Waals surface area contributed by atoms with Crippen LogP contribution in [0.25, 0.3) is 0 Å². The van der Waals surface area contributed by atoms with E-state index in [1.165, 1.54) is 31.0 Å². The molecule has 0 fully saturated rings. The van der Waals surface area contributed by atoms with Crippen LogP contribution in [-0.4, -0.2) is 36.5 Å². The van der Waals surface area contributed by atoms with E-state index in [0.717, 1.165) is 0 Å². The number of carbonyl (C=O) groups is 1. The normalized spacial score (nSPS) is 12.0. The van der Waals surface area contributed by atoms with E-state index in [-0.39, 0.29) is 24.1 Å². The summed E-state index contributed by atoms with van der Waals surface area (Å²) >= 11 is 0. The zero-order valence-electron chi connectivity index (χ0n) is 12.7. The average Bonchev–Trinajstić information content (AvgIpc) is 2.89. The lowest BCUT2D eigenvalue weighted by molar-refractivity contribution is 0.0825. The number of hydrogen-bond acceptors (Lipinski definition) is 4. The Morgan fingerprint density at radius 1 is 1.45 bits per heavy atom. The second-order valence-corrected chi connectivity index (χ2v) is 4.72. The van der Waals surface area contributed by atoms with E-state index in [4.69, 9.17) is 9.47 Å². The first-order valence-electron chi connectivity index (χ1n) is 6.69. The number of halogens is 1. The van der Waals surface area contributed by atoms with E-state index >= 15 is 0 Å². The molecule has 1 amide bonds. The summed E-state index contributed by atoms with van der Waals surface area (Å²) < 4.78 is 25.1. The summed E-state index contributed by atoms with van der Waals surface area (Å²) in [5.41, 5.74) is 0.986. The van der Waals surface area contributed by atoms with Gasteiger partial charge in [-0.15, -0.1) is 5.10 Å². The van der Waals surface area contributed by atoms with Gasteiger partial charge in [0.05, 0.1) is 13.2 Å². The quantitative estimate of drug-likeness (QED) is 0.882. The molecule has 0 bridgehead atoms. The Labute approximate surface area is 127 Å². The largest absolute Gasteiger partial charge is 0.479 e. The van der Waals surface area contributed by atoms with Gasteiger partial charge in [0.25, 0.3) is 5.91 Å². The van der Waals surface area contributed by atoms with Crippen molar-refractivity contribution in [3.05, 3.63) is 47.4 Å². The zero-order valence-corrected chi connectivity index (χ0v) is 12.7. The van der Waals surface area contributed by atoms with Crippen LogP contribution in [-0.2, 0) is 11.8 Å². The molecule has 1 atom stereocenters. The van der Waals surface area contributed by atoms with Crippen LogP contribution in [0.3, 0.4) is 0 Å². The Balaban J connectivity index is 2.05. The highest BCUT2D eigenvalue weighted by Crippen LogP contribution is 2.18. The van der Waals surface area contributed by atoms with E-state index in [1.807, 2.05) is 0 Å². The lowest BCUT2D eigenvalue weighted by Gasteiger charge is -2.16. The van der Waals surface area contributed by atoms with Gasteiger partial charge in [0.15, 0.2) is 0 Å². The minimum atomic E-state index is -0.442. The summed E-state index contributed by atoms with van der Waals surface area (Å²) in [5, 5.41) is 6.76. The summed E-state index contributed by atoms with van der Waals surface area (Å²) in [5.74, 6) is -0.428. The van der Waals surface area contributed by atoms with Crippen molar-refractivity contribution in [3.8, 4) is 5.88 Å². The number of methoxy groups -OCH3 is 2. The van der Waals surface area contributed by atoms with Gasteiger partial charge in [0.1, 0.15) is 11.4 Å². The van der Waals surface area contributed by atoms with Crippen molar-refractivity contribution in [1.29, 1.82) is 0 Å². The number of aryl methyl sites for hydroxylation is 1. The van der Waals surface area contributed by atoms with Crippen LogP contribution in [0, 0.1) is 5.82 Å². The molecule has 2 rings (SSSR count). The lowest BCUT2D eigenvalue weighted by atomic mass is 10.1. The maximum Gasteiger partial charge on any atom is 0.258 e. The summed E-state index contributed by atoms with van der Waals surface area (Å²) in [6.45, 7) is 0.205. The standard InChI is InChI=1S/C15H18FN3O3/c1-19-9-12(15(18-19)22-3)14(20)17-8-13(21-2)10-5-4-6-11(16)7-10/h4-7,9,13H,8H2,1-3H3,(H,17,20). The van der Waals surface area contributed by atoms with Crippen LogP contribution in [0.4, 0.5) is 4.39 Å². The van der Waals surface area contributed by atoms with Crippen molar-refractivity contribution in [2.24, 2.45) is 7.05 Å². The van der Waals surface area contributed by atoms with Crippen LogP contribution in [0.2, 0.25) is 0 Å². The maximum absolute atomic E-state index is 13.3. The number of hydrogen-bond donors (Lipinski definition) is 1. The number of benzene rings is 1. The van der Waals surface area contributed by atoms with Gasteiger partial charge in [-0.2, -0.15) is 0 Å². The number of ether oxygens (including phenoxy) is 2. The molecule has 1 aromatic heterocycles. The van der Waals surface area contributed by atoms with Crippen molar-refractivity contribution in [2.75, 3.05) is 20.8 Å². The molecule has 0 saturated carbocycles. The first kappa shape index (κ1) is 16.0. The minimum Gasteiger partial charge on any atom is -0.479 e. The fourth-order valence-electron chi connectivity index (χ4n) is 2.10. The maximum atomic E-state index is 13.3. The van der Waals surface area contributed by atoms with Gasteiger partial charge in [0, 0.05) is 26.9 Å². The number of carbonyl (C=O) groups excluding carboxylic acids is 1.